The smallest absolute Gasteiger partial charge is 0.324 e. The van der Waals surface area contributed by atoms with Gasteiger partial charge in [-0.2, -0.15) is 23.4 Å². The van der Waals surface area contributed by atoms with Crippen molar-refractivity contribution in [2.75, 3.05) is 5.32 Å². The second-order valence-corrected chi connectivity index (χ2v) is 5.93. The second kappa shape index (κ2) is 6.59. The third-order valence-electron chi connectivity index (χ3n) is 3.87. The molecule has 2 atom stereocenters. The van der Waals surface area contributed by atoms with Crippen molar-refractivity contribution in [2.45, 2.75) is 50.9 Å². The molecule has 128 valence electrons. The summed E-state index contributed by atoms with van der Waals surface area (Å²) in [6, 6.07) is 3.05. The molecule has 2 unspecified atom stereocenters. The molecule has 24 heavy (non-hydrogen) atoms. The second-order valence-electron chi connectivity index (χ2n) is 5.93. The fraction of sp³-hybridized carbons (Fsp3) is 0.500. The molecule has 5 nitrogen and oxygen atoms in total. The molecule has 1 amide bonds. The Balaban J connectivity index is 2.19. The lowest BCUT2D eigenvalue weighted by atomic mass is 9.93. The number of anilines is 1. The maximum Gasteiger partial charge on any atom is 0.407 e. The maximum absolute atomic E-state index is 13.0. The van der Waals surface area contributed by atoms with E-state index in [-0.39, 0.29) is 11.7 Å². The van der Waals surface area contributed by atoms with Gasteiger partial charge in [0.25, 0.3) is 5.91 Å². The lowest BCUT2D eigenvalue weighted by Gasteiger charge is -2.20. The van der Waals surface area contributed by atoms with E-state index in [9.17, 15) is 18.0 Å². The zero-order valence-corrected chi connectivity index (χ0v) is 13.3. The highest BCUT2D eigenvalue weighted by Gasteiger charge is 2.40. The summed E-state index contributed by atoms with van der Waals surface area (Å²) in [5.41, 5.74) is -2.68. The van der Waals surface area contributed by atoms with Crippen LogP contribution in [0.2, 0.25) is 0 Å². The minimum absolute atomic E-state index is 0.0184. The van der Waals surface area contributed by atoms with E-state index in [1.807, 2.05) is 6.92 Å². The molecule has 0 saturated heterocycles. The van der Waals surface area contributed by atoms with Crippen LogP contribution < -0.4 is 5.32 Å². The number of alkyl halides is 3. The van der Waals surface area contributed by atoms with Crippen LogP contribution >= 0.6 is 0 Å². The molecule has 1 aromatic carbocycles. The van der Waals surface area contributed by atoms with Crippen molar-refractivity contribution in [3.8, 4) is 0 Å². The summed E-state index contributed by atoms with van der Waals surface area (Å²) in [5, 5.41) is 10.5. The van der Waals surface area contributed by atoms with Crippen LogP contribution in [0.15, 0.2) is 28.4 Å². The Morgan fingerprint density at radius 3 is 2.79 bits per heavy atom. The summed E-state index contributed by atoms with van der Waals surface area (Å²) in [6.07, 6.45) is -2.51. The number of carbonyl (C=O) groups is 1. The summed E-state index contributed by atoms with van der Waals surface area (Å²) >= 11 is 0. The van der Waals surface area contributed by atoms with Gasteiger partial charge in [-0.1, -0.05) is 19.4 Å². The van der Waals surface area contributed by atoms with Crippen molar-refractivity contribution in [2.24, 2.45) is 10.2 Å². The lowest BCUT2D eigenvalue weighted by molar-refractivity contribution is -0.136. The Bertz CT molecular complexity index is 708. The number of hydrogen-bond donors (Lipinski definition) is 1. The minimum atomic E-state index is -4.66. The molecular formula is C16H17F3N4O. The SMILES string of the molecule is [C-]#[N+]c1ccc(NC(=O)C2(C)CC(CCC)N=N2)cc1C(F)(F)F. The minimum Gasteiger partial charge on any atom is -0.324 e. The largest absolute Gasteiger partial charge is 0.407 e. The number of benzene rings is 1. The van der Waals surface area contributed by atoms with Gasteiger partial charge in [0, 0.05) is 12.1 Å². The Labute approximate surface area is 137 Å². The third-order valence-corrected chi connectivity index (χ3v) is 3.87. The van der Waals surface area contributed by atoms with Crippen LogP contribution in [-0.4, -0.2) is 17.5 Å². The van der Waals surface area contributed by atoms with E-state index in [0.717, 1.165) is 25.0 Å². The Hall–Kier alpha value is -2.43. The van der Waals surface area contributed by atoms with Crippen molar-refractivity contribution < 1.29 is 18.0 Å². The van der Waals surface area contributed by atoms with Gasteiger partial charge in [0.1, 0.15) is 0 Å². The topological polar surface area (TPSA) is 58.2 Å². The van der Waals surface area contributed by atoms with E-state index < -0.39 is 28.9 Å². The van der Waals surface area contributed by atoms with E-state index in [1.165, 1.54) is 6.07 Å². The van der Waals surface area contributed by atoms with Crippen LogP contribution in [0.4, 0.5) is 24.5 Å². The van der Waals surface area contributed by atoms with Crippen LogP contribution in [-0.2, 0) is 11.0 Å². The van der Waals surface area contributed by atoms with E-state index in [4.69, 9.17) is 6.57 Å². The fourth-order valence-corrected chi connectivity index (χ4v) is 2.58. The molecule has 0 saturated carbocycles. The van der Waals surface area contributed by atoms with Gasteiger partial charge in [-0.3, -0.25) is 4.79 Å². The predicted octanol–water partition coefficient (Wildman–Crippen LogP) is 4.98. The summed E-state index contributed by atoms with van der Waals surface area (Å²) in [4.78, 5) is 15.3. The van der Waals surface area contributed by atoms with E-state index >= 15 is 0 Å². The molecule has 0 spiro atoms. The highest BCUT2D eigenvalue weighted by Crippen LogP contribution is 2.38. The average Bonchev–Trinajstić information content (AvgIpc) is 2.89. The number of amides is 1. The highest BCUT2D eigenvalue weighted by atomic mass is 19.4. The number of azo groups is 1. The number of nitrogens with zero attached hydrogens (tertiary/aromatic N) is 3. The number of rotatable bonds is 4. The molecular weight excluding hydrogens is 321 g/mol. The standard InChI is InChI=1S/C16H17F3N4O/c1-4-5-11-9-15(2,23-22-11)14(24)21-10-6-7-13(20-3)12(8-10)16(17,18)19/h6-8,11H,4-5,9H2,1-2H3,(H,21,24). The molecule has 2 rings (SSSR count). The lowest BCUT2D eigenvalue weighted by Crippen LogP contribution is -2.37. The van der Waals surface area contributed by atoms with Crippen LogP contribution in [0, 0.1) is 6.57 Å². The van der Waals surface area contributed by atoms with Crippen molar-refractivity contribution >= 4 is 17.3 Å². The molecule has 8 heteroatoms. The Kier molecular flexibility index (Phi) is 4.92. The maximum atomic E-state index is 13.0. The first-order valence-electron chi connectivity index (χ1n) is 7.52. The van der Waals surface area contributed by atoms with Gasteiger partial charge >= 0.3 is 6.18 Å². The normalized spacial score (nSPS) is 23.1. The van der Waals surface area contributed by atoms with E-state index in [0.29, 0.717) is 6.42 Å². The highest BCUT2D eigenvalue weighted by molar-refractivity contribution is 5.98. The van der Waals surface area contributed by atoms with Crippen LogP contribution in [0.25, 0.3) is 4.85 Å². The first-order chi connectivity index (χ1) is 11.2. The summed E-state index contributed by atoms with van der Waals surface area (Å²) in [5.74, 6) is -0.506. The zero-order valence-electron chi connectivity index (χ0n) is 13.3. The Morgan fingerprint density at radius 1 is 1.50 bits per heavy atom. The number of halogens is 3. The van der Waals surface area contributed by atoms with Crippen LogP contribution in [0.3, 0.4) is 0 Å². The molecule has 1 aliphatic heterocycles. The molecule has 0 fully saturated rings. The fourth-order valence-electron chi connectivity index (χ4n) is 2.58. The number of carbonyl (C=O) groups excluding carboxylic acids is 1. The third kappa shape index (κ3) is 3.72. The zero-order chi connectivity index (χ0) is 18.0. The summed E-state index contributed by atoms with van der Waals surface area (Å²) < 4.78 is 38.9. The average molecular weight is 338 g/mol. The molecule has 1 N–H and O–H groups in total. The van der Waals surface area contributed by atoms with Gasteiger partial charge in [0.05, 0.1) is 18.2 Å². The first-order valence-corrected chi connectivity index (χ1v) is 7.52. The molecule has 0 bridgehead atoms. The molecule has 1 heterocycles. The molecule has 0 aromatic heterocycles. The molecule has 0 aliphatic carbocycles. The van der Waals surface area contributed by atoms with Gasteiger partial charge in [0.15, 0.2) is 11.2 Å². The quantitative estimate of drug-likeness (QED) is 0.774. The van der Waals surface area contributed by atoms with E-state index in [2.05, 4.69) is 20.4 Å². The predicted molar refractivity (Wildman–Crippen MR) is 82.9 cm³/mol. The first kappa shape index (κ1) is 17.9. The van der Waals surface area contributed by atoms with E-state index in [1.54, 1.807) is 6.92 Å². The Morgan fingerprint density at radius 2 is 2.21 bits per heavy atom. The van der Waals surface area contributed by atoms with Crippen molar-refractivity contribution in [1.29, 1.82) is 0 Å². The van der Waals surface area contributed by atoms with Gasteiger partial charge < -0.3 is 5.32 Å². The number of nitrogens with one attached hydrogen (secondary N) is 1. The van der Waals surface area contributed by atoms with Crippen LogP contribution in [0.1, 0.15) is 38.7 Å². The molecule has 1 aromatic rings. The summed E-state index contributed by atoms with van der Waals surface area (Å²) in [6.45, 7) is 10.4. The monoisotopic (exact) mass is 338 g/mol. The van der Waals surface area contributed by atoms with Crippen molar-refractivity contribution in [3.05, 3.63) is 35.2 Å². The van der Waals surface area contributed by atoms with Gasteiger partial charge in [-0.15, -0.1) is 0 Å². The molecule has 0 radical (unpaired) electrons. The number of hydrogen-bond acceptors (Lipinski definition) is 3. The van der Waals surface area contributed by atoms with Gasteiger partial charge in [-0.05, 0) is 25.5 Å². The summed E-state index contributed by atoms with van der Waals surface area (Å²) in [7, 11) is 0. The van der Waals surface area contributed by atoms with Crippen molar-refractivity contribution in [3.63, 3.8) is 0 Å². The van der Waals surface area contributed by atoms with Crippen LogP contribution in [0.5, 0.6) is 0 Å². The van der Waals surface area contributed by atoms with Gasteiger partial charge in [-0.25, -0.2) is 4.85 Å². The van der Waals surface area contributed by atoms with Gasteiger partial charge in [0.2, 0.25) is 0 Å². The van der Waals surface area contributed by atoms with Crippen molar-refractivity contribution in [1.82, 2.24) is 0 Å². The molecule has 1 aliphatic rings.